The van der Waals surface area contributed by atoms with Gasteiger partial charge in [0.25, 0.3) is 0 Å². The molecule has 2 amide bonds. The number of halogens is 1. The number of para-hydroxylation sites is 1. The number of nitrogens with one attached hydrogen (secondary N) is 2. The number of nitrogens with zero attached hydrogens (tertiary/aromatic N) is 1. The predicted octanol–water partition coefficient (Wildman–Crippen LogP) is 2.31. The average molecular weight is 452 g/mol. The van der Waals surface area contributed by atoms with E-state index in [2.05, 4.69) is 10.0 Å². The molecule has 0 aliphatic heterocycles. The number of carbonyl (C=O) groups is 3. The molecule has 0 aliphatic rings. The second-order valence-corrected chi connectivity index (χ2v) is 8.68. The molecule has 0 saturated carbocycles. The normalized spacial score (nSPS) is 11.0. The summed E-state index contributed by atoms with van der Waals surface area (Å²) in [6.45, 7) is 1.05. The van der Waals surface area contributed by atoms with Crippen LogP contribution in [0.1, 0.15) is 23.7 Å². The molecule has 0 spiro atoms. The highest BCUT2D eigenvalue weighted by Crippen LogP contribution is 2.20. The molecule has 0 heterocycles. The Bertz CT molecular complexity index is 1040. The number of hydrogen-bond acceptors (Lipinski definition) is 5. The molecular formula is C20H22ClN3O5S. The van der Waals surface area contributed by atoms with Gasteiger partial charge in [-0.3, -0.25) is 14.4 Å². The smallest absolute Gasteiger partial charge is 0.244 e. The van der Waals surface area contributed by atoms with Gasteiger partial charge in [0.05, 0.1) is 22.2 Å². The number of carbonyl (C=O) groups excluding carboxylic acids is 3. The zero-order chi connectivity index (χ0) is 22.3. The molecule has 2 N–H and O–H groups in total. The van der Waals surface area contributed by atoms with Crippen LogP contribution in [0.5, 0.6) is 0 Å². The summed E-state index contributed by atoms with van der Waals surface area (Å²) in [4.78, 5) is 36.7. The Morgan fingerprint density at radius 1 is 1.03 bits per heavy atom. The van der Waals surface area contributed by atoms with Gasteiger partial charge in [-0.1, -0.05) is 35.9 Å². The number of benzene rings is 2. The van der Waals surface area contributed by atoms with Crippen molar-refractivity contribution in [1.82, 2.24) is 9.62 Å². The molecule has 0 fully saturated rings. The first-order valence-electron chi connectivity index (χ1n) is 8.99. The van der Waals surface area contributed by atoms with E-state index in [4.69, 9.17) is 11.6 Å². The standard InChI is InChI=1S/C20H22ClN3O5S/c1-14(25)15-7-9-16(10-8-15)30(28,29)22-12-11-20(27)24(2)13-19(26)23-18-6-4-3-5-17(18)21/h3-10,22H,11-13H2,1-2H3,(H,23,26). The molecular weight excluding hydrogens is 430 g/mol. The molecule has 10 heteroatoms. The zero-order valence-corrected chi connectivity index (χ0v) is 18.1. The van der Waals surface area contributed by atoms with E-state index in [1.165, 1.54) is 43.1 Å². The van der Waals surface area contributed by atoms with Gasteiger partial charge in [0, 0.05) is 25.6 Å². The summed E-state index contributed by atoms with van der Waals surface area (Å²) < 4.78 is 26.9. The Balaban J connectivity index is 1.83. The fourth-order valence-corrected chi connectivity index (χ4v) is 3.71. The van der Waals surface area contributed by atoms with Gasteiger partial charge in [-0.25, -0.2) is 13.1 Å². The second-order valence-electron chi connectivity index (χ2n) is 6.51. The summed E-state index contributed by atoms with van der Waals surface area (Å²) in [6.07, 6.45) is -0.124. The van der Waals surface area contributed by atoms with Crippen molar-refractivity contribution in [2.24, 2.45) is 0 Å². The summed E-state index contributed by atoms with van der Waals surface area (Å²) in [6, 6.07) is 12.2. The minimum absolute atomic E-state index is 0.00702. The molecule has 8 nitrogen and oxygen atoms in total. The summed E-state index contributed by atoms with van der Waals surface area (Å²) in [5.74, 6) is -0.997. The molecule has 0 bridgehead atoms. The first-order valence-corrected chi connectivity index (χ1v) is 10.9. The van der Waals surface area contributed by atoms with Crippen LogP contribution in [0.15, 0.2) is 53.4 Å². The molecule has 0 aromatic heterocycles. The van der Waals surface area contributed by atoms with Crippen molar-refractivity contribution in [3.8, 4) is 0 Å². The summed E-state index contributed by atoms with van der Waals surface area (Å²) in [5.41, 5.74) is 0.842. The van der Waals surface area contributed by atoms with E-state index in [9.17, 15) is 22.8 Å². The maximum Gasteiger partial charge on any atom is 0.244 e. The number of amides is 2. The lowest BCUT2D eigenvalue weighted by atomic mass is 10.2. The third-order valence-electron chi connectivity index (χ3n) is 4.16. The van der Waals surface area contributed by atoms with Gasteiger partial charge < -0.3 is 10.2 Å². The first kappa shape index (κ1) is 23.5. The van der Waals surface area contributed by atoms with E-state index in [0.717, 1.165) is 0 Å². The Labute approximate surface area is 180 Å². The number of hydrogen-bond donors (Lipinski definition) is 2. The van der Waals surface area contributed by atoms with Crippen LogP contribution in [0, 0.1) is 0 Å². The minimum atomic E-state index is -3.82. The van der Waals surface area contributed by atoms with E-state index < -0.39 is 21.8 Å². The maximum absolute atomic E-state index is 12.3. The van der Waals surface area contributed by atoms with Crippen LogP contribution < -0.4 is 10.0 Å². The van der Waals surface area contributed by atoms with E-state index in [0.29, 0.717) is 16.3 Å². The Morgan fingerprint density at radius 2 is 1.67 bits per heavy atom. The highest BCUT2D eigenvalue weighted by Gasteiger charge is 2.17. The average Bonchev–Trinajstić information content (AvgIpc) is 2.69. The number of sulfonamides is 1. The van der Waals surface area contributed by atoms with Gasteiger partial charge in [0.1, 0.15) is 0 Å². The molecule has 0 radical (unpaired) electrons. The molecule has 2 aromatic carbocycles. The molecule has 0 saturated heterocycles. The highest BCUT2D eigenvalue weighted by molar-refractivity contribution is 7.89. The highest BCUT2D eigenvalue weighted by atomic mass is 35.5. The topological polar surface area (TPSA) is 113 Å². The van der Waals surface area contributed by atoms with Crippen molar-refractivity contribution in [1.29, 1.82) is 0 Å². The van der Waals surface area contributed by atoms with Crippen LogP contribution in [0.3, 0.4) is 0 Å². The van der Waals surface area contributed by atoms with E-state index in [1.54, 1.807) is 24.3 Å². The maximum atomic E-state index is 12.3. The predicted molar refractivity (Wildman–Crippen MR) is 114 cm³/mol. The molecule has 2 aromatic rings. The van der Waals surface area contributed by atoms with E-state index in [1.807, 2.05) is 0 Å². The molecule has 2 rings (SSSR count). The van der Waals surface area contributed by atoms with Crippen LogP contribution in [-0.2, 0) is 19.6 Å². The van der Waals surface area contributed by atoms with Crippen LogP contribution in [0.25, 0.3) is 0 Å². The lowest BCUT2D eigenvalue weighted by Gasteiger charge is -2.17. The van der Waals surface area contributed by atoms with Gasteiger partial charge in [-0.15, -0.1) is 0 Å². The quantitative estimate of drug-likeness (QED) is 0.568. The fourth-order valence-electron chi connectivity index (χ4n) is 2.49. The largest absolute Gasteiger partial charge is 0.336 e. The summed E-state index contributed by atoms with van der Waals surface area (Å²) >= 11 is 5.98. The van der Waals surface area contributed by atoms with Gasteiger partial charge >= 0.3 is 0 Å². The van der Waals surface area contributed by atoms with Crippen LogP contribution in [0.4, 0.5) is 5.69 Å². The van der Waals surface area contributed by atoms with Crippen LogP contribution >= 0.6 is 11.6 Å². The lowest BCUT2D eigenvalue weighted by Crippen LogP contribution is -2.37. The molecule has 30 heavy (non-hydrogen) atoms. The van der Waals surface area contributed by atoms with Crippen LogP contribution in [-0.4, -0.2) is 51.1 Å². The Hall–Kier alpha value is -2.75. The molecule has 160 valence electrons. The van der Waals surface area contributed by atoms with Gasteiger partial charge in [0.15, 0.2) is 5.78 Å². The molecule has 0 atom stereocenters. The third kappa shape index (κ3) is 6.65. The molecule has 0 aliphatic carbocycles. The summed E-state index contributed by atoms with van der Waals surface area (Å²) in [7, 11) is -2.37. The van der Waals surface area contributed by atoms with Crippen molar-refractivity contribution in [2.45, 2.75) is 18.2 Å². The van der Waals surface area contributed by atoms with Gasteiger partial charge in [-0.05, 0) is 31.2 Å². The van der Waals surface area contributed by atoms with Crippen molar-refractivity contribution in [3.63, 3.8) is 0 Å². The molecule has 0 unspecified atom stereocenters. The van der Waals surface area contributed by atoms with E-state index >= 15 is 0 Å². The lowest BCUT2D eigenvalue weighted by molar-refractivity contribution is -0.133. The van der Waals surface area contributed by atoms with Gasteiger partial charge in [-0.2, -0.15) is 0 Å². The SMILES string of the molecule is CC(=O)c1ccc(S(=O)(=O)NCCC(=O)N(C)CC(=O)Nc2ccccc2Cl)cc1. The second kappa shape index (κ2) is 10.3. The number of rotatable bonds is 9. The van der Waals surface area contributed by atoms with Crippen molar-refractivity contribution < 1.29 is 22.8 Å². The van der Waals surface area contributed by atoms with Gasteiger partial charge in [0.2, 0.25) is 21.8 Å². The first-order chi connectivity index (χ1) is 14.1. The van der Waals surface area contributed by atoms with Crippen molar-refractivity contribution in [3.05, 3.63) is 59.1 Å². The van der Waals surface area contributed by atoms with Crippen molar-refractivity contribution in [2.75, 3.05) is 25.5 Å². The van der Waals surface area contributed by atoms with Crippen molar-refractivity contribution >= 4 is 44.9 Å². The number of ketones is 1. The number of Topliss-reactive ketones (excluding diaryl/α,β-unsaturated/α-hetero) is 1. The summed E-state index contributed by atoms with van der Waals surface area (Å²) in [5, 5.41) is 2.99. The third-order valence-corrected chi connectivity index (χ3v) is 5.96. The Kier molecular flexibility index (Phi) is 8.10. The Morgan fingerprint density at radius 3 is 2.27 bits per heavy atom. The zero-order valence-electron chi connectivity index (χ0n) is 16.5. The monoisotopic (exact) mass is 451 g/mol. The van der Waals surface area contributed by atoms with Crippen LogP contribution in [0.2, 0.25) is 5.02 Å². The number of likely N-dealkylation sites (N-methyl/N-ethyl adjacent to an activating group) is 1. The fraction of sp³-hybridized carbons (Fsp3) is 0.250. The number of anilines is 1. The minimum Gasteiger partial charge on any atom is -0.336 e. The van der Waals surface area contributed by atoms with E-state index in [-0.39, 0.29) is 30.2 Å².